The van der Waals surface area contributed by atoms with E-state index in [1.807, 2.05) is 73.3 Å². The molecule has 0 saturated heterocycles. The average molecular weight is 404 g/mol. The third-order valence-corrected chi connectivity index (χ3v) is 4.91. The highest BCUT2D eigenvalue weighted by Crippen LogP contribution is 2.25. The zero-order valence-electron chi connectivity index (χ0n) is 17.4. The third-order valence-electron chi connectivity index (χ3n) is 4.91. The number of nitrogens with zero attached hydrogens (tertiary/aromatic N) is 5. The Morgan fingerprint density at radius 1 is 1.00 bits per heavy atom. The van der Waals surface area contributed by atoms with Gasteiger partial charge in [0.25, 0.3) is 5.56 Å². The maximum absolute atomic E-state index is 13.5. The third kappa shape index (κ3) is 3.30. The Bertz CT molecular complexity index is 1250. The zero-order chi connectivity index (χ0) is 21.4. The van der Waals surface area contributed by atoms with E-state index in [1.165, 1.54) is 4.68 Å². The van der Waals surface area contributed by atoms with Crippen molar-refractivity contribution in [3.05, 3.63) is 70.9 Å². The van der Waals surface area contributed by atoms with Gasteiger partial charge in [0.05, 0.1) is 11.4 Å². The van der Waals surface area contributed by atoms with Crippen LogP contribution in [-0.4, -0.2) is 36.1 Å². The van der Waals surface area contributed by atoms with Gasteiger partial charge in [-0.15, -0.1) is 0 Å². The van der Waals surface area contributed by atoms with Gasteiger partial charge in [0.1, 0.15) is 16.9 Å². The number of aryl methyl sites for hydroxylation is 1. The number of para-hydroxylation sites is 1. The number of aromatic nitrogens is 5. The molecule has 1 N–H and O–H groups in total. The lowest BCUT2D eigenvalue weighted by molar-refractivity contribution is -0.124. The highest BCUT2D eigenvalue weighted by atomic mass is 16.2. The van der Waals surface area contributed by atoms with E-state index in [0.29, 0.717) is 22.4 Å². The van der Waals surface area contributed by atoms with Crippen molar-refractivity contribution >= 4 is 16.8 Å². The molecule has 0 fully saturated rings. The molecule has 0 radical (unpaired) electrons. The Morgan fingerprint density at radius 2 is 1.67 bits per heavy atom. The molecule has 0 spiro atoms. The fourth-order valence-corrected chi connectivity index (χ4v) is 3.47. The Morgan fingerprint density at radius 3 is 2.30 bits per heavy atom. The fraction of sp³-hybridized carbons (Fsp3) is 0.273. The minimum Gasteiger partial charge on any atom is -0.352 e. The molecular weight excluding hydrogens is 380 g/mol. The summed E-state index contributed by atoms with van der Waals surface area (Å²) < 4.78 is 4.84. The smallest absolute Gasteiger partial charge is 0.280 e. The Labute approximate surface area is 173 Å². The van der Waals surface area contributed by atoms with Crippen LogP contribution in [0.4, 0.5) is 0 Å². The van der Waals surface area contributed by atoms with Crippen molar-refractivity contribution in [2.24, 2.45) is 0 Å². The second-order valence-electron chi connectivity index (χ2n) is 7.56. The van der Waals surface area contributed by atoms with Crippen LogP contribution in [0.5, 0.6) is 0 Å². The summed E-state index contributed by atoms with van der Waals surface area (Å²) in [4.78, 5) is 26.1. The Kier molecular flexibility index (Phi) is 4.99. The van der Waals surface area contributed by atoms with E-state index in [1.54, 1.807) is 18.5 Å². The van der Waals surface area contributed by atoms with Gasteiger partial charge in [-0.25, -0.2) is 9.36 Å². The van der Waals surface area contributed by atoms with E-state index < -0.39 is 6.04 Å². The molecule has 8 nitrogen and oxygen atoms in total. The molecule has 1 amide bonds. The van der Waals surface area contributed by atoms with Crippen LogP contribution >= 0.6 is 0 Å². The summed E-state index contributed by atoms with van der Waals surface area (Å²) in [6.07, 6.45) is 3.73. The molecule has 0 aliphatic heterocycles. The predicted molar refractivity (Wildman–Crippen MR) is 115 cm³/mol. The summed E-state index contributed by atoms with van der Waals surface area (Å²) in [5, 5.41) is 12.4. The molecule has 0 unspecified atom stereocenters. The average Bonchev–Trinajstić information content (AvgIpc) is 3.38. The van der Waals surface area contributed by atoms with Crippen LogP contribution in [0.3, 0.4) is 0 Å². The predicted octanol–water partition coefficient (Wildman–Crippen LogP) is 2.77. The lowest BCUT2D eigenvalue weighted by Crippen LogP contribution is -2.40. The number of nitrogens with one attached hydrogen (secondary N) is 1. The van der Waals surface area contributed by atoms with Crippen molar-refractivity contribution in [2.75, 3.05) is 0 Å². The van der Waals surface area contributed by atoms with Crippen LogP contribution in [0.2, 0.25) is 0 Å². The van der Waals surface area contributed by atoms with Crippen molar-refractivity contribution in [1.29, 1.82) is 0 Å². The van der Waals surface area contributed by atoms with Crippen LogP contribution in [0.25, 0.3) is 22.4 Å². The maximum atomic E-state index is 13.5. The van der Waals surface area contributed by atoms with Gasteiger partial charge < -0.3 is 9.88 Å². The lowest BCUT2D eigenvalue weighted by Gasteiger charge is -2.16. The molecule has 1 atom stereocenters. The molecular formula is C22H24N6O2. The molecule has 3 heterocycles. The fourth-order valence-electron chi connectivity index (χ4n) is 3.47. The van der Waals surface area contributed by atoms with E-state index in [9.17, 15) is 9.59 Å². The van der Waals surface area contributed by atoms with Crippen LogP contribution in [0, 0.1) is 6.92 Å². The van der Waals surface area contributed by atoms with Crippen LogP contribution in [0.15, 0.2) is 59.7 Å². The Balaban J connectivity index is 2.01. The van der Waals surface area contributed by atoms with E-state index in [2.05, 4.69) is 10.4 Å². The lowest BCUT2D eigenvalue weighted by atomic mass is 10.2. The molecule has 4 rings (SSSR count). The molecule has 1 aromatic carbocycles. The van der Waals surface area contributed by atoms with Crippen LogP contribution in [-0.2, 0) is 4.79 Å². The van der Waals surface area contributed by atoms with Gasteiger partial charge >= 0.3 is 0 Å². The number of carbonyl (C=O) groups is 1. The second-order valence-corrected chi connectivity index (χ2v) is 7.56. The summed E-state index contributed by atoms with van der Waals surface area (Å²) >= 11 is 0. The van der Waals surface area contributed by atoms with E-state index in [-0.39, 0.29) is 17.5 Å². The highest BCUT2D eigenvalue weighted by Gasteiger charge is 2.25. The molecule has 0 aliphatic carbocycles. The van der Waals surface area contributed by atoms with Crippen LogP contribution in [0.1, 0.15) is 32.5 Å². The minimum absolute atomic E-state index is 0.0308. The number of fused-ring (bicyclic) bond motifs is 1. The molecule has 154 valence electrons. The summed E-state index contributed by atoms with van der Waals surface area (Å²) in [5.74, 6) is 0.359. The normalized spacial score (nSPS) is 12.4. The first-order valence-corrected chi connectivity index (χ1v) is 9.89. The van der Waals surface area contributed by atoms with E-state index in [0.717, 1.165) is 5.69 Å². The number of hydrogen-bond acceptors (Lipinski definition) is 4. The first-order valence-electron chi connectivity index (χ1n) is 9.89. The SMILES string of the molecule is Cc1nn([C@@H](C)C(=O)NC(C)C)c(=O)c2c(-n3cccc3)n(-c3ccccc3)nc12. The van der Waals surface area contributed by atoms with Crippen LogP contribution < -0.4 is 10.9 Å². The highest BCUT2D eigenvalue weighted by molar-refractivity contribution is 5.88. The number of benzene rings is 1. The van der Waals surface area contributed by atoms with Crippen molar-refractivity contribution in [3.63, 3.8) is 0 Å². The standard InChI is InChI=1S/C22H24N6O2/c1-14(2)23-20(29)16(4)27-22(30)18-19(15(3)24-27)25-28(17-10-6-5-7-11-17)21(18)26-12-8-9-13-26/h5-14,16H,1-4H3,(H,23,29)/t16-/m0/s1. The van der Waals surface area contributed by atoms with E-state index in [4.69, 9.17) is 5.10 Å². The number of rotatable bonds is 5. The van der Waals surface area contributed by atoms with Gasteiger partial charge in [0, 0.05) is 18.4 Å². The van der Waals surface area contributed by atoms with Gasteiger partial charge in [-0.3, -0.25) is 9.59 Å². The van der Waals surface area contributed by atoms with Crippen molar-refractivity contribution in [3.8, 4) is 11.5 Å². The maximum Gasteiger partial charge on any atom is 0.280 e. The first kappa shape index (κ1) is 19.6. The van der Waals surface area contributed by atoms with Crippen molar-refractivity contribution in [1.82, 2.24) is 29.4 Å². The monoisotopic (exact) mass is 404 g/mol. The number of carbonyl (C=O) groups excluding carboxylic acids is 1. The van der Waals surface area contributed by atoms with Gasteiger partial charge in [-0.1, -0.05) is 18.2 Å². The van der Waals surface area contributed by atoms with Gasteiger partial charge in [-0.2, -0.15) is 10.2 Å². The van der Waals surface area contributed by atoms with Crippen molar-refractivity contribution < 1.29 is 4.79 Å². The summed E-state index contributed by atoms with van der Waals surface area (Å²) in [7, 11) is 0. The quantitative estimate of drug-likeness (QED) is 0.554. The summed E-state index contributed by atoms with van der Waals surface area (Å²) in [6, 6.07) is 12.6. The molecule has 3 aromatic heterocycles. The molecule has 0 aliphatic rings. The topological polar surface area (TPSA) is 86.7 Å². The molecule has 30 heavy (non-hydrogen) atoms. The molecule has 0 saturated carbocycles. The number of amides is 1. The molecule has 4 aromatic rings. The first-order chi connectivity index (χ1) is 14.4. The Hall–Kier alpha value is -3.68. The van der Waals surface area contributed by atoms with E-state index >= 15 is 0 Å². The van der Waals surface area contributed by atoms with Gasteiger partial charge in [0.15, 0.2) is 5.82 Å². The zero-order valence-corrected chi connectivity index (χ0v) is 17.4. The van der Waals surface area contributed by atoms with Gasteiger partial charge in [-0.05, 0) is 52.0 Å². The molecule has 0 bridgehead atoms. The summed E-state index contributed by atoms with van der Waals surface area (Å²) in [6.45, 7) is 7.23. The largest absolute Gasteiger partial charge is 0.352 e. The molecule has 8 heteroatoms. The minimum atomic E-state index is -0.749. The second kappa shape index (κ2) is 7.62. The number of hydrogen-bond donors (Lipinski definition) is 1. The van der Waals surface area contributed by atoms with Crippen molar-refractivity contribution in [2.45, 2.75) is 39.8 Å². The van der Waals surface area contributed by atoms with Gasteiger partial charge in [0.2, 0.25) is 5.91 Å². The summed E-state index contributed by atoms with van der Waals surface area (Å²) in [5.41, 5.74) is 1.57.